The predicted octanol–water partition coefficient (Wildman–Crippen LogP) is 4.08. The van der Waals surface area contributed by atoms with Crippen LogP contribution in [0, 0.1) is 23.6 Å². The second-order valence-electron chi connectivity index (χ2n) is 7.54. The van der Waals surface area contributed by atoms with Crippen molar-refractivity contribution in [3.63, 3.8) is 0 Å². The molecule has 150 valence electrons. The molecule has 2 saturated carbocycles. The molecule has 7 heteroatoms. The van der Waals surface area contributed by atoms with Crippen LogP contribution in [0.5, 0.6) is 0 Å². The topological polar surface area (TPSA) is 84.2 Å². The quantitative estimate of drug-likeness (QED) is 0.699. The molecule has 3 rings (SSSR count). The van der Waals surface area contributed by atoms with Gasteiger partial charge in [0.15, 0.2) is 0 Å². The van der Waals surface area contributed by atoms with Crippen molar-refractivity contribution in [3.05, 3.63) is 24.0 Å². The molecular formula is C20H29ClFN3O2. The van der Waals surface area contributed by atoms with Gasteiger partial charge in [0.2, 0.25) is 11.8 Å². The highest BCUT2D eigenvalue weighted by Gasteiger charge is 2.32. The first kappa shape index (κ1) is 21.6. The molecule has 1 aromatic rings. The second kappa shape index (κ2) is 10.0. The maximum atomic E-state index is 14.1. The predicted molar refractivity (Wildman–Crippen MR) is 107 cm³/mol. The van der Waals surface area contributed by atoms with E-state index in [0.717, 1.165) is 51.4 Å². The molecule has 2 fully saturated rings. The second-order valence-corrected chi connectivity index (χ2v) is 7.54. The first-order valence-corrected chi connectivity index (χ1v) is 9.70. The van der Waals surface area contributed by atoms with Crippen LogP contribution in [0.25, 0.3) is 0 Å². The number of nitrogens with one attached hydrogen (secondary N) is 2. The highest BCUT2D eigenvalue weighted by Crippen LogP contribution is 2.32. The van der Waals surface area contributed by atoms with E-state index in [0.29, 0.717) is 12.2 Å². The average Bonchev–Trinajstić information content (AvgIpc) is 3.14. The summed E-state index contributed by atoms with van der Waals surface area (Å²) in [7, 11) is 0. The van der Waals surface area contributed by atoms with Crippen LogP contribution in [-0.2, 0) is 9.59 Å². The molecule has 0 aromatic heterocycles. The van der Waals surface area contributed by atoms with E-state index >= 15 is 0 Å². The van der Waals surface area contributed by atoms with Gasteiger partial charge in [0.1, 0.15) is 5.82 Å². The van der Waals surface area contributed by atoms with Crippen LogP contribution in [0.4, 0.5) is 15.8 Å². The number of hydrogen-bond donors (Lipinski definition) is 3. The highest BCUT2D eigenvalue weighted by atomic mass is 35.5. The number of hydrogen-bond acceptors (Lipinski definition) is 3. The van der Waals surface area contributed by atoms with Gasteiger partial charge in [0.25, 0.3) is 0 Å². The third-order valence-electron chi connectivity index (χ3n) is 5.77. The lowest BCUT2D eigenvalue weighted by atomic mass is 9.88. The summed E-state index contributed by atoms with van der Waals surface area (Å²) in [6.07, 6.45) is 7.76. The number of amides is 2. The Bertz CT molecular complexity index is 665. The summed E-state index contributed by atoms with van der Waals surface area (Å²) in [4.78, 5) is 24.9. The summed E-state index contributed by atoms with van der Waals surface area (Å²) in [5, 5.41) is 5.55. The van der Waals surface area contributed by atoms with E-state index in [-0.39, 0.29) is 47.7 Å². The lowest BCUT2D eigenvalue weighted by Gasteiger charge is -2.21. The lowest BCUT2D eigenvalue weighted by Crippen LogP contribution is -2.29. The Hall–Kier alpha value is -1.66. The van der Waals surface area contributed by atoms with E-state index in [9.17, 15) is 14.0 Å². The number of carbonyl (C=O) groups excluding carboxylic acids is 2. The van der Waals surface area contributed by atoms with Crippen molar-refractivity contribution in [2.75, 3.05) is 17.2 Å². The summed E-state index contributed by atoms with van der Waals surface area (Å²) in [6, 6.07) is 4.30. The number of halogens is 2. The zero-order valence-electron chi connectivity index (χ0n) is 15.5. The standard InChI is InChI=1S/C20H28FN3O2.ClH/c21-17-10-9-15(23-20(26)16-8-4-7-14(16)12-22)11-18(17)24-19(25)13-5-2-1-3-6-13;/h9-11,13-14,16H,1-8,12,22H2,(H,23,26)(H,24,25);1H/t14-,16-;/m1./s1. The zero-order chi connectivity index (χ0) is 18.5. The summed E-state index contributed by atoms with van der Waals surface area (Å²) >= 11 is 0. The monoisotopic (exact) mass is 397 g/mol. The Labute approximate surface area is 166 Å². The smallest absolute Gasteiger partial charge is 0.227 e. The fourth-order valence-corrected chi connectivity index (χ4v) is 4.20. The zero-order valence-corrected chi connectivity index (χ0v) is 16.3. The van der Waals surface area contributed by atoms with E-state index in [2.05, 4.69) is 10.6 Å². The molecule has 0 bridgehead atoms. The Balaban J connectivity index is 0.00000261. The van der Waals surface area contributed by atoms with E-state index < -0.39 is 5.82 Å². The maximum absolute atomic E-state index is 14.1. The number of nitrogens with two attached hydrogens (primary N) is 1. The Morgan fingerprint density at radius 1 is 1.00 bits per heavy atom. The minimum absolute atomic E-state index is 0. The summed E-state index contributed by atoms with van der Waals surface area (Å²) < 4.78 is 14.1. The Morgan fingerprint density at radius 3 is 2.44 bits per heavy atom. The molecule has 4 N–H and O–H groups in total. The molecule has 2 atom stereocenters. The van der Waals surface area contributed by atoms with Gasteiger partial charge in [0.05, 0.1) is 5.69 Å². The van der Waals surface area contributed by atoms with Gasteiger partial charge in [-0.3, -0.25) is 9.59 Å². The van der Waals surface area contributed by atoms with Gasteiger partial charge in [-0.1, -0.05) is 25.7 Å². The maximum Gasteiger partial charge on any atom is 0.227 e. The normalized spacial score (nSPS) is 22.7. The molecule has 2 aliphatic rings. The minimum Gasteiger partial charge on any atom is -0.330 e. The molecule has 2 aliphatic carbocycles. The van der Waals surface area contributed by atoms with Gasteiger partial charge in [0, 0.05) is 17.5 Å². The Morgan fingerprint density at radius 2 is 1.74 bits per heavy atom. The van der Waals surface area contributed by atoms with Crippen molar-refractivity contribution >= 4 is 35.6 Å². The van der Waals surface area contributed by atoms with Gasteiger partial charge in [-0.25, -0.2) is 4.39 Å². The largest absolute Gasteiger partial charge is 0.330 e. The molecule has 0 radical (unpaired) electrons. The van der Waals surface area contributed by atoms with Gasteiger partial charge in [-0.15, -0.1) is 12.4 Å². The number of benzene rings is 1. The molecule has 5 nitrogen and oxygen atoms in total. The van der Waals surface area contributed by atoms with Crippen LogP contribution < -0.4 is 16.4 Å². The van der Waals surface area contributed by atoms with Crippen LogP contribution in [0.1, 0.15) is 51.4 Å². The molecule has 0 unspecified atom stereocenters. The average molecular weight is 398 g/mol. The van der Waals surface area contributed by atoms with Crippen molar-refractivity contribution < 1.29 is 14.0 Å². The van der Waals surface area contributed by atoms with Crippen LogP contribution >= 0.6 is 12.4 Å². The fourth-order valence-electron chi connectivity index (χ4n) is 4.20. The first-order chi connectivity index (χ1) is 12.6. The number of rotatable bonds is 5. The molecule has 0 aliphatic heterocycles. The molecule has 0 saturated heterocycles. The molecule has 0 heterocycles. The molecule has 1 aromatic carbocycles. The minimum atomic E-state index is -0.493. The van der Waals surface area contributed by atoms with Crippen LogP contribution in [-0.4, -0.2) is 18.4 Å². The number of carbonyl (C=O) groups is 2. The molecule has 0 spiro atoms. The van der Waals surface area contributed by atoms with E-state index in [1.807, 2.05) is 0 Å². The van der Waals surface area contributed by atoms with E-state index in [4.69, 9.17) is 5.73 Å². The molecule has 2 amide bonds. The van der Waals surface area contributed by atoms with E-state index in [1.54, 1.807) is 0 Å². The van der Waals surface area contributed by atoms with Crippen molar-refractivity contribution in [1.82, 2.24) is 0 Å². The van der Waals surface area contributed by atoms with Crippen molar-refractivity contribution in [2.45, 2.75) is 51.4 Å². The van der Waals surface area contributed by atoms with Gasteiger partial charge >= 0.3 is 0 Å². The fraction of sp³-hybridized carbons (Fsp3) is 0.600. The third kappa shape index (κ3) is 5.42. The van der Waals surface area contributed by atoms with Gasteiger partial charge < -0.3 is 16.4 Å². The number of anilines is 2. The third-order valence-corrected chi connectivity index (χ3v) is 5.77. The van der Waals surface area contributed by atoms with Crippen molar-refractivity contribution in [3.8, 4) is 0 Å². The summed E-state index contributed by atoms with van der Waals surface area (Å²) in [6.45, 7) is 0.504. The van der Waals surface area contributed by atoms with Gasteiger partial charge in [-0.05, 0) is 56.3 Å². The van der Waals surface area contributed by atoms with Crippen molar-refractivity contribution in [2.24, 2.45) is 23.5 Å². The van der Waals surface area contributed by atoms with Gasteiger partial charge in [-0.2, -0.15) is 0 Å². The summed E-state index contributed by atoms with van der Waals surface area (Å²) in [5.41, 5.74) is 6.37. The van der Waals surface area contributed by atoms with Crippen LogP contribution in [0.15, 0.2) is 18.2 Å². The highest BCUT2D eigenvalue weighted by molar-refractivity contribution is 5.96. The molecular weight excluding hydrogens is 369 g/mol. The van der Waals surface area contributed by atoms with E-state index in [1.165, 1.54) is 18.2 Å². The molecule has 27 heavy (non-hydrogen) atoms. The lowest BCUT2D eigenvalue weighted by molar-refractivity contribution is -0.121. The van der Waals surface area contributed by atoms with Crippen LogP contribution in [0.3, 0.4) is 0 Å². The SMILES string of the molecule is Cl.NC[C@H]1CCC[C@H]1C(=O)Nc1ccc(F)c(NC(=O)C2CCCCC2)c1. The summed E-state index contributed by atoms with van der Waals surface area (Å²) in [5.74, 6) is -0.635. The Kier molecular flexibility index (Phi) is 8.05. The van der Waals surface area contributed by atoms with Crippen LogP contribution in [0.2, 0.25) is 0 Å². The first-order valence-electron chi connectivity index (χ1n) is 9.70. The van der Waals surface area contributed by atoms with Crippen molar-refractivity contribution in [1.29, 1.82) is 0 Å².